The van der Waals surface area contributed by atoms with Crippen LogP contribution >= 0.6 is 11.6 Å². The van der Waals surface area contributed by atoms with Gasteiger partial charge in [0.15, 0.2) is 8.32 Å². The number of nitriles is 1. The molecule has 0 aromatic heterocycles. The van der Waals surface area contributed by atoms with Crippen molar-refractivity contribution in [3.8, 4) is 6.07 Å². The maximum absolute atomic E-state index is 9.12. The van der Waals surface area contributed by atoms with Gasteiger partial charge in [0.25, 0.3) is 0 Å². The highest BCUT2D eigenvalue weighted by molar-refractivity contribution is 6.74. The molecule has 0 radical (unpaired) electrons. The third-order valence-corrected chi connectivity index (χ3v) is 10.9. The van der Waals surface area contributed by atoms with E-state index in [-0.39, 0.29) is 23.2 Å². The Morgan fingerprint density at radius 2 is 2.04 bits per heavy atom. The SMILES string of the molecule is Cc1c(N[C@@H](C)[C@H]2NCC[C@@H]2O[Si](C)(C)C(C)(C)C)ccc(C#N)c1Cl. The Kier molecular flexibility index (Phi) is 6.45. The van der Waals surface area contributed by atoms with Crippen LogP contribution in [0, 0.1) is 18.3 Å². The van der Waals surface area contributed by atoms with Gasteiger partial charge in [0, 0.05) is 11.7 Å². The lowest BCUT2D eigenvalue weighted by Crippen LogP contribution is -2.51. The normalized spacial score (nSPS) is 22.1. The fourth-order valence-corrected chi connectivity index (χ4v) is 4.73. The molecule has 2 rings (SSSR count). The van der Waals surface area contributed by atoms with Crippen LogP contribution in [-0.2, 0) is 4.43 Å². The highest BCUT2D eigenvalue weighted by Gasteiger charge is 2.43. The lowest BCUT2D eigenvalue weighted by Gasteiger charge is -2.40. The first-order valence-electron chi connectivity index (χ1n) is 9.35. The fourth-order valence-electron chi connectivity index (χ4n) is 3.15. The number of rotatable bonds is 5. The molecule has 0 saturated carbocycles. The van der Waals surface area contributed by atoms with Crippen molar-refractivity contribution in [1.29, 1.82) is 5.26 Å². The minimum Gasteiger partial charge on any atom is -0.412 e. The summed E-state index contributed by atoms with van der Waals surface area (Å²) in [5.41, 5.74) is 2.40. The van der Waals surface area contributed by atoms with Crippen LogP contribution < -0.4 is 10.6 Å². The second-order valence-electron chi connectivity index (χ2n) is 8.83. The van der Waals surface area contributed by atoms with Gasteiger partial charge in [-0.1, -0.05) is 32.4 Å². The van der Waals surface area contributed by atoms with Gasteiger partial charge in [-0.3, -0.25) is 0 Å². The maximum Gasteiger partial charge on any atom is 0.192 e. The van der Waals surface area contributed by atoms with Crippen LogP contribution in [0.15, 0.2) is 12.1 Å². The van der Waals surface area contributed by atoms with E-state index in [1.165, 1.54) is 0 Å². The average molecular weight is 394 g/mol. The number of nitrogens with zero attached hydrogens (tertiary/aromatic N) is 1. The summed E-state index contributed by atoms with van der Waals surface area (Å²) in [5, 5.41) is 17.0. The molecule has 26 heavy (non-hydrogen) atoms. The zero-order valence-electron chi connectivity index (χ0n) is 17.0. The molecule has 0 unspecified atom stereocenters. The van der Waals surface area contributed by atoms with Gasteiger partial charge in [0.2, 0.25) is 0 Å². The summed E-state index contributed by atoms with van der Waals surface area (Å²) in [6.45, 7) is 16.6. The Labute approximate surface area is 164 Å². The van der Waals surface area contributed by atoms with Crippen molar-refractivity contribution in [3.05, 3.63) is 28.3 Å². The zero-order chi connectivity index (χ0) is 19.7. The first-order valence-corrected chi connectivity index (χ1v) is 12.6. The van der Waals surface area contributed by atoms with Crippen LogP contribution in [-0.4, -0.2) is 33.0 Å². The lowest BCUT2D eigenvalue weighted by atomic mass is 10.0. The molecular weight excluding hydrogens is 362 g/mol. The van der Waals surface area contributed by atoms with Crippen LogP contribution in [0.5, 0.6) is 0 Å². The Bertz CT molecular complexity index is 694. The van der Waals surface area contributed by atoms with E-state index in [9.17, 15) is 0 Å². The molecule has 1 aromatic rings. The summed E-state index contributed by atoms with van der Waals surface area (Å²) in [7, 11) is -1.81. The van der Waals surface area contributed by atoms with Gasteiger partial charge in [-0.25, -0.2) is 0 Å². The third-order valence-electron chi connectivity index (χ3n) is 5.89. The molecule has 4 nitrogen and oxygen atoms in total. The van der Waals surface area contributed by atoms with E-state index >= 15 is 0 Å². The summed E-state index contributed by atoms with van der Waals surface area (Å²) in [6.07, 6.45) is 1.25. The molecule has 0 amide bonds. The van der Waals surface area contributed by atoms with Gasteiger partial charge in [-0.05, 0) is 62.6 Å². The Morgan fingerprint density at radius 1 is 1.38 bits per heavy atom. The van der Waals surface area contributed by atoms with E-state index in [1.807, 2.05) is 13.0 Å². The molecule has 1 aromatic carbocycles. The summed E-state index contributed by atoms with van der Waals surface area (Å²) in [6, 6.07) is 6.28. The molecule has 2 N–H and O–H groups in total. The van der Waals surface area contributed by atoms with Crippen molar-refractivity contribution in [2.24, 2.45) is 0 Å². The first kappa shape index (κ1) is 21.2. The number of benzene rings is 1. The predicted octanol–water partition coefficient (Wildman–Crippen LogP) is 5.07. The summed E-state index contributed by atoms with van der Waals surface area (Å²) in [4.78, 5) is 0. The Balaban J connectivity index is 2.13. The zero-order valence-corrected chi connectivity index (χ0v) is 18.8. The molecule has 1 heterocycles. The smallest absolute Gasteiger partial charge is 0.192 e. The van der Waals surface area contributed by atoms with Crippen molar-refractivity contribution in [1.82, 2.24) is 5.32 Å². The number of halogens is 1. The van der Waals surface area contributed by atoms with E-state index in [1.54, 1.807) is 6.07 Å². The highest BCUT2D eigenvalue weighted by Crippen LogP contribution is 2.39. The molecule has 1 fully saturated rings. The van der Waals surface area contributed by atoms with Crippen LogP contribution in [0.2, 0.25) is 23.2 Å². The Morgan fingerprint density at radius 3 is 2.62 bits per heavy atom. The standard InChI is InChI=1S/C20H32ClN3OSi/c1-13-16(9-8-15(12-22)18(13)21)24-14(2)19-17(10-11-23-19)25-26(6,7)20(3,4)5/h8-9,14,17,19,23-24H,10-11H2,1-7H3/t14-,17-,19+/m0/s1. The van der Waals surface area contributed by atoms with Crippen LogP contribution in [0.25, 0.3) is 0 Å². The molecule has 1 aliphatic rings. The molecule has 0 spiro atoms. The monoisotopic (exact) mass is 393 g/mol. The fraction of sp³-hybridized carbons (Fsp3) is 0.650. The molecule has 144 valence electrons. The molecular formula is C20H32ClN3OSi. The van der Waals surface area contributed by atoms with E-state index in [2.05, 4.69) is 57.5 Å². The van der Waals surface area contributed by atoms with Crippen molar-refractivity contribution in [2.45, 2.75) is 77.4 Å². The van der Waals surface area contributed by atoms with Gasteiger partial charge in [0.1, 0.15) is 6.07 Å². The van der Waals surface area contributed by atoms with Crippen molar-refractivity contribution >= 4 is 25.6 Å². The van der Waals surface area contributed by atoms with Crippen molar-refractivity contribution in [2.75, 3.05) is 11.9 Å². The first-order chi connectivity index (χ1) is 12.0. The second kappa shape index (κ2) is 7.90. The van der Waals surface area contributed by atoms with Gasteiger partial charge in [-0.15, -0.1) is 0 Å². The summed E-state index contributed by atoms with van der Waals surface area (Å²) < 4.78 is 6.69. The topological polar surface area (TPSA) is 57.1 Å². The minimum absolute atomic E-state index is 0.190. The Hall–Kier alpha value is -1.06. The highest BCUT2D eigenvalue weighted by atomic mass is 35.5. The van der Waals surface area contributed by atoms with Crippen molar-refractivity contribution in [3.63, 3.8) is 0 Å². The summed E-state index contributed by atoms with van der Waals surface area (Å²) in [5.74, 6) is 0. The minimum atomic E-state index is -1.81. The van der Waals surface area contributed by atoms with E-state index in [0.717, 1.165) is 24.2 Å². The molecule has 1 saturated heterocycles. The lowest BCUT2D eigenvalue weighted by molar-refractivity contribution is 0.159. The van der Waals surface area contributed by atoms with E-state index in [4.69, 9.17) is 21.3 Å². The average Bonchev–Trinajstić information content (AvgIpc) is 2.98. The third kappa shape index (κ3) is 4.43. The van der Waals surface area contributed by atoms with Gasteiger partial charge in [-0.2, -0.15) is 5.26 Å². The maximum atomic E-state index is 9.12. The van der Waals surface area contributed by atoms with E-state index in [0.29, 0.717) is 10.6 Å². The van der Waals surface area contributed by atoms with E-state index < -0.39 is 8.32 Å². The molecule has 1 aliphatic heterocycles. The van der Waals surface area contributed by atoms with Gasteiger partial charge in [0.05, 0.1) is 22.7 Å². The van der Waals surface area contributed by atoms with Crippen LogP contribution in [0.3, 0.4) is 0 Å². The van der Waals surface area contributed by atoms with Crippen molar-refractivity contribution < 1.29 is 4.43 Å². The second-order valence-corrected chi connectivity index (χ2v) is 14.0. The quantitative estimate of drug-likeness (QED) is 0.685. The molecule has 0 bridgehead atoms. The van der Waals surface area contributed by atoms with Crippen LogP contribution in [0.1, 0.15) is 45.2 Å². The summed E-state index contributed by atoms with van der Waals surface area (Å²) >= 11 is 6.31. The van der Waals surface area contributed by atoms with Gasteiger partial charge >= 0.3 is 0 Å². The molecule has 6 heteroatoms. The number of hydrogen-bond acceptors (Lipinski definition) is 4. The predicted molar refractivity (Wildman–Crippen MR) is 112 cm³/mol. The largest absolute Gasteiger partial charge is 0.412 e. The number of anilines is 1. The molecule has 3 atom stereocenters. The number of hydrogen-bond donors (Lipinski definition) is 2. The van der Waals surface area contributed by atoms with Crippen LogP contribution in [0.4, 0.5) is 5.69 Å². The van der Waals surface area contributed by atoms with Gasteiger partial charge < -0.3 is 15.1 Å². The molecule has 0 aliphatic carbocycles. The number of nitrogens with one attached hydrogen (secondary N) is 2.